The fourth-order valence-electron chi connectivity index (χ4n) is 4.19. The second kappa shape index (κ2) is 12.3. The largest absolute Gasteiger partial charge is 0.475 e. The van der Waals surface area contributed by atoms with Gasteiger partial charge in [0.05, 0.1) is 31.9 Å². The number of hydrogen-bond donors (Lipinski definition) is 0. The van der Waals surface area contributed by atoms with Crippen molar-refractivity contribution in [2.75, 3.05) is 26.7 Å². The SMILES string of the molecule is CCCCCCOc1nsnc1C1=CCC[N+](C)(C(CCc2ccccc2)OC(=O)Cl)C1. The Morgan fingerprint density at radius 3 is 2.78 bits per heavy atom. The summed E-state index contributed by atoms with van der Waals surface area (Å²) in [6.07, 6.45) is 8.84. The summed E-state index contributed by atoms with van der Waals surface area (Å²) in [4.78, 5) is 11.7. The maximum absolute atomic E-state index is 11.7. The molecule has 6 nitrogen and oxygen atoms in total. The minimum atomic E-state index is -0.759. The summed E-state index contributed by atoms with van der Waals surface area (Å²) in [6, 6.07) is 10.2. The van der Waals surface area contributed by atoms with E-state index in [1.54, 1.807) is 0 Å². The Balaban J connectivity index is 1.68. The summed E-state index contributed by atoms with van der Waals surface area (Å²) in [7, 11) is 2.12. The molecule has 174 valence electrons. The van der Waals surface area contributed by atoms with Crippen LogP contribution in [-0.2, 0) is 11.2 Å². The van der Waals surface area contributed by atoms with E-state index in [4.69, 9.17) is 21.1 Å². The minimum Gasteiger partial charge on any atom is -0.475 e. The first-order valence-corrected chi connectivity index (χ1v) is 12.5. The highest BCUT2D eigenvalue weighted by molar-refractivity contribution is 6.99. The number of aromatic nitrogens is 2. The van der Waals surface area contributed by atoms with Crippen LogP contribution in [0.5, 0.6) is 5.88 Å². The first-order valence-electron chi connectivity index (χ1n) is 11.4. The van der Waals surface area contributed by atoms with Crippen molar-refractivity contribution in [1.29, 1.82) is 0 Å². The van der Waals surface area contributed by atoms with E-state index < -0.39 is 5.43 Å². The fourth-order valence-corrected chi connectivity index (χ4v) is 4.83. The van der Waals surface area contributed by atoms with Gasteiger partial charge in [0.2, 0.25) is 6.23 Å². The molecule has 0 radical (unpaired) electrons. The number of unbranched alkanes of at least 4 members (excludes halogenated alkanes) is 3. The summed E-state index contributed by atoms with van der Waals surface area (Å²) in [5.41, 5.74) is 2.36. The van der Waals surface area contributed by atoms with Crippen molar-refractivity contribution < 1.29 is 18.8 Å². The molecule has 2 unspecified atom stereocenters. The van der Waals surface area contributed by atoms with Crippen LogP contribution >= 0.6 is 23.3 Å². The molecule has 2 aromatic rings. The second-order valence-electron chi connectivity index (χ2n) is 8.54. The molecule has 1 aromatic heterocycles. The lowest BCUT2D eigenvalue weighted by Gasteiger charge is -2.42. The van der Waals surface area contributed by atoms with Crippen LogP contribution in [-0.4, -0.2) is 51.6 Å². The Morgan fingerprint density at radius 2 is 2.03 bits per heavy atom. The van der Waals surface area contributed by atoms with Gasteiger partial charge >= 0.3 is 5.43 Å². The molecule has 0 spiro atoms. The third-order valence-corrected chi connectivity index (χ3v) is 6.61. The fraction of sp³-hybridized carbons (Fsp3) is 0.542. The minimum absolute atomic E-state index is 0.339. The molecule has 0 saturated heterocycles. The van der Waals surface area contributed by atoms with E-state index >= 15 is 0 Å². The van der Waals surface area contributed by atoms with Gasteiger partial charge in [0.1, 0.15) is 12.2 Å². The molecule has 0 aliphatic carbocycles. The average molecular weight is 479 g/mol. The highest BCUT2D eigenvalue weighted by Gasteiger charge is 2.39. The van der Waals surface area contributed by atoms with Crippen molar-refractivity contribution in [2.45, 2.75) is 58.1 Å². The Labute approximate surface area is 200 Å². The Morgan fingerprint density at radius 1 is 1.22 bits per heavy atom. The average Bonchev–Trinajstić information content (AvgIpc) is 3.25. The molecule has 0 N–H and O–H groups in total. The third kappa shape index (κ3) is 7.02. The number of rotatable bonds is 12. The van der Waals surface area contributed by atoms with Crippen molar-refractivity contribution in [2.24, 2.45) is 0 Å². The van der Waals surface area contributed by atoms with Crippen LogP contribution < -0.4 is 4.74 Å². The molecule has 1 aliphatic rings. The van der Waals surface area contributed by atoms with E-state index in [1.165, 1.54) is 30.1 Å². The molecule has 2 heterocycles. The molecule has 0 amide bonds. The number of likely N-dealkylation sites (N-methyl/N-ethyl adjacent to an activating group) is 1. The van der Waals surface area contributed by atoms with Crippen molar-refractivity contribution in [3.8, 4) is 5.88 Å². The maximum Gasteiger partial charge on any atom is 0.408 e. The van der Waals surface area contributed by atoms with E-state index in [9.17, 15) is 4.79 Å². The summed E-state index contributed by atoms with van der Waals surface area (Å²) in [5.74, 6) is 0.612. The van der Waals surface area contributed by atoms with Gasteiger partial charge in [-0.25, -0.2) is 4.79 Å². The number of ether oxygens (including phenoxy) is 2. The Hall–Kier alpha value is -1.96. The van der Waals surface area contributed by atoms with Gasteiger partial charge in [0, 0.05) is 30.0 Å². The van der Waals surface area contributed by atoms with Crippen LogP contribution in [0.25, 0.3) is 5.57 Å². The quantitative estimate of drug-likeness (QED) is 0.210. The molecule has 8 heteroatoms. The van der Waals surface area contributed by atoms with Crippen LogP contribution in [0.1, 0.15) is 56.7 Å². The van der Waals surface area contributed by atoms with E-state index in [-0.39, 0.29) is 6.23 Å². The number of carbonyl (C=O) groups excluding carboxylic acids is 1. The highest BCUT2D eigenvalue weighted by Crippen LogP contribution is 2.33. The lowest BCUT2D eigenvalue weighted by Crippen LogP contribution is -2.56. The Kier molecular flexibility index (Phi) is 9.51. The van der Waals surface area contributed by atoms with Gasteiger partial charge in [0.15, 0.2) is 0 Å². The predicted molar refractivity (Wildman–Crippen MR) is 129 cm³/mol. The van der Waals surface area contributed by atoms with Crippen LogP contribution in [0.3, 0.4) is 0 Å². The van der Waals surface area contributed by atoms with Gasteiger partial charge in [-0.1, -0.05) is 62.6 Å². The Bertz CT molecular complexity index is 890. The summed E-state index contributed by atoms with van der Waals surface area (Å²) >= 11 is 6.84. The molecule has 0 fully saturated rings. The van der Waals surface area contributed by atoms with Gasteiger partial charge in [-0.15, -0.1) is 4.37 Å². The van der Waals surface area contributed by atoms with Crippen molar-refractivity contribution in [1.82, 2.24) is 8.75 Å². The van der Waals surface area contributed by atoms with Gasteiger partial charge in [-0.2, -0.15) is 4.37 Å². The first-order chi connectivity index (χ1) is 15.5. The van der Waals surface area contributed by atoms with Crippen molar-refractivity contribution in [3.05, 3.63) is 47.7 Å². The lowest BCUT2D eigenvalue weighted by atomic mass is 10.0. The third-order valence-electron chi connectivity index (χ3n) is 6.01. The van der Waals surface area contributed by atoms with E-state index in [0.717, 1.165) is 43.5 Å². The number of aryl methyl sites for hydroxylation is 1. The normalized spacial score (nSPS) is 19.3. The van der Waals surface area contributed by atoms with Gasteiger partial charge in [-0.05, 0) is 18.4 Å². The topological polar surface area (TPSA) is 61.3 Å². The van der Waals surface area contributed by atoms with E-state index in [1.807, 2.05) is 18.2 Å². The zero-order chi connectivity index (χ0) is 22.8. The van der Waals surface area contributed by atoms with Gasteiger partial charge in [-0.3, -0.25) is 4.48 Å². The smallest absolute Gasteiger partial charge is 0.408 e. The summed E-state index contributed by atoms with van der Waals surface area (Å²) in [5, 5.41) is 0. The number of quaternary nitrogens is 1. The molecule has 0 saturated carbocycles. The summed E-state index contributed by atoms with van der Waals surface area (Å²) in [6.45, 7) is 4.39. The van der Waals surface area contributed by atoms with Gasteiger partial charge in [0.25, 0.3) is 5.88 Å². The molecule has 1 aliphatic heterocycles. The number of carbonyl (C=O) groups is 1. The number of halogens is 1. The van der Waals surface area contributed by atoms with Crippen LogP contribution in [0.4, 0.5) is 4.79 Å². The van der Waals surface area contributed by atoms with Crippen LogP contribution in [0, 0.1) is 0 Å². The van der Waals surface area contributed by atoms with Gasteiger partial charge < -0.3 is 9.47 Å². The predicted octanol–water partition coefficient (Wildman–Crippen LogP) is 6.07. The molecular weight excluding hydrogens is 446 g/mol. The van der Waals surface area contributed by atoms with Crippen molar-refractivity contribution in [3.63, 3.8) is 0 Å². The molecule has 3 rings (SSSR count). The van der Waals surface area contributed by atoms with E-state index in [0.29, 0.717) is 29.9 Å². The summed E-state index contributed by atoms with van der Waals surface area (Å²) < 4.78 is 21.0. The number of nitrogens with zero attached hydrogens (tertiary/aromatic N) is 3. The molecule has 0 bridgehead atoms. The maximum atomic E-state index is 11.7. The number of benzene rings is 1. The monoisotopic (exact) mass is 478 g/mol. The molecule has 1 aromatic carbocycles. The van der Waals surface area contributed by atoms with Crippen LogP contribution in [0.15, 0.2) is 36.4 Å². The zero-order valence-electron chi connectivity index (χ0n) is 19.0. The highest BCUT2D eigenvalue weighted by atomic mass is 35.5. The molecule has 2 atom stereocenters. The lowest BCUT2D eigenvalue weighted by molar-refractivity contribution is -0.946. The zero-order valence-corrected chi connectivity index (χ0v) is 20.5. The number of hydrogen-bond acceptors (Lipinski definition) is 6. The molecule has 32 heavy (non-hydrogen) atoms. The van der Waals surface area contributed by atoms with Crippen LogP contribution in [0.2, 0.25) is 0 Å². The van der Waals surface area contributed by atoms with Crippen molar-refractivity contribution >= 4 is 34.3 Å². The first kappa shape index (κ1) is 24.7. The van der Waals surface area contributed by atoms with E-state index in [2.05, 4.69) is 40.9 Å². The standard InChI is InChI=1S/C24H33ClN3O3S/c1-3-4-5-9-17-30-23-22(26-32-27-23)20-13-10-16-28(2,18-20)21(31-24(25)29)15-14-19-11-7-6-8-12-19/h6-8,11-13,21H,3-5,9-10,14-18H2,1-2H3/q+1. The molecular formula is C24H33ClN3O3S+. The second-order valence-corrected chi connectivity index (χ2v) is 9.38.